The lowest BCUT2D eigenvalue weighted by molar-refractivity contribution is -0.387. The number of benzene rings is 1. The zero-order valence-corrected chi connectivity index (χ0v) is 8.28. The highest BCUT2D eigenvalue weighted by Crippen LogP contribution is 2.29. The third-order valence-corrected chi connectivity index (χ3v) is 1.82. The average Bonchev–Trinajstić information content (AvgIpc) is 2.22. The van der Waals surface area contributed by atoms with Gasteiger partial charge in [-0.15, -0.1) is 0 Å². The largest absolute Gasteiger partial charge is 0.487 e. The Labute approximate surface area is 90.0 Å². The minimum Gasteiger partial charge on any atom is -0.487 e. The van der Waals surface area contributed by atoms with E-state index in [0.29, 0.717) is 13.0 Å². The van der Waals surface area contributed by atoms with Crippen LogP contribution >= 0.6 is 0 Å². The highest BCUT2D eigenvalue weighted by Gasteiger charge is 2.22. The molecule has 1 rings (SSSR count). The summed E-state index contributed by atoms with van der Waals surface area (Å²) in [5.41, 5.74) is 4.36. The van der Waals surface area contributed by atoms with Crippen LogP contribution in [0.15, 0.2) is 12.1 Å². The molecule has 2 N–H and O–H groups in total. The van der Waals surface area contributed by atoms with Crippen LogP contribution in [0.3, 0.4) is 0 Å². The summed E-state index contributed by atoms with van der Waals surface area (Å²) in [6, 6.07) is 1.54. The van der Waals surface area contributed by atoms with Gasteiger partial charge in [-0.1, -0.05) is 0 Å². The van der Waals surface area contributed by atoms with Crippen molar-refractivity contribution < 1.29 is 18.4 Å². The fraction of sp³-hybridized carbons (Fsp3) is 0.333. The van der Waals surface area contributed by atoms with Gasteiger partial charge < -0.3 is 10.5 Å². The number of nitrogens with two attached hydrogens (primary N) is 1. The summed E-state index contributed by atoms with van der Waals surface area (Å²) < 4.78 is 31.2. The number of nitrogens with zero attached hydrogens (tertiary/aromatic N) is 1. The molecule has 0 aromatic heterocycles. The van der Waals surface area contributed by atoms with Gasteiger partial charge in [0.05, 0.1) is 11.5 Å². The van der Waals surface area contributed by atoms with E-state index in [-0.39, 0.29) is 6.61 Å². The second-order valence-corrected chi connectivity index (χ2v) is 2.96. The van der Waals surface area contributed by atoms with Crippen molar-refractivity contribution in [1.29, 1.82) is 0 Å². The Kier molecular flexibility index (Phi) is 4.12. The molecule has 88 valence electrons. The molecule has 0 atom stereocenters. The normalized spacial score (nSPS) is 10.2. The number of hydrogen-bond acceptors (Lipinski definition) is 4. The average molecular weight is 232 g/mol. The number of ether oxygens (including phenoxy) is 1. The van der Waals surface area contributed by atoms with Crippen LogP contribution in [0.25, 0.3) is 0 Å². The fourth-order valence-corrected chi connectivity index (χ4v) is 1.05. The molecule has 0 unspecified atom stereocenters. The third-order valence-electron chi connectivity index (χ3n) is 1.82. The van der Waals surface area contributed by atoms with Gasteiger partial charge >= 0.3 is 5.69 Å². The summed E-state index contributed by atoms with van der Waals surface area (Å²) in [6.45, 7) is 0.309. The SMILES string of the molecule is NCCCOc1c(F)ccc([N+](=O)[O-])c1F. The first kappa shape index (κ1) is 12.3. The van der Waals surface area contributed by atoms with E-state index < -0.39 is 28.0 Å². The van der Waals surface area contributed by atoms with Gasteiger partial charge in [0.25, 0.3) is 0 Å². The molecule has 0 fully saturated rings. The second-order valence-electron chi connectivity index (χ2n) is 2.96. The Morgan fingerprint density at radius 3 is 2.69 bits per heavy atom. The molecule has 0 saturated heterocycles. The van der Waals surface area contributed by atoms with Crippen molar-refractivity contribution >= 4 is 5.69 Å². The molecule has 0 heterocycles. The van der Waals surface area contributed by atoms with E-state index in [9.17, 15) is 18.9 Å². The number of halogens is 2. The van der Waals surface area contributed by atoms with Gasteiger partial charge in [0.2, 0.25) is 5.82 Å². The first-order chi connectivity index (χ1) is 7.57. The lowest BCUT2D eigenvalue weighted by Crippen LogP contribution is -2.08. The van der Waals surface area contributed by atoms with Crippen LogP contribution in [0, 0.1) is 21.7 Å². The lowest BCUT2D eigenvalue weighted by Gasteiger charge is -2.07. The number of nitro benzene ring substituents is 1. The molecular formula is C9H10F2N2O3. The molecule has 5 nitrogen and oxygen atoms in total. The zero-order chi connectivity index (χ0) is 12.1. The number of hydrogen-bond donors (Lipinski definition) is 1. The summed E-state index contributed by atoms with van der Waals surface area (Å²) in [4.78, 5) is 9.44. The molecule has 1 aromatic carbocycles. The first-order valence-corrected chi connectivity index (χ1v) is 4.53. The van der Waals surface area contributed by atoms with E-state index in [4.69, 9.17) is 10.5 Å². The maximum atomic E-state index is 13.4. The fourth-order valence-electron chi connectivity index (χ4n) is 1.05. The van der Waals surface area contributed by atoms with E-state index in [1.165, 1.54) is 0 Å². The molecule has 7 heteroatoms. The van der Waals surface area contributed by atoms with Crippen LogP contribution in [0.2, 0.25) is 0 Å². The topological polar surface area (TPSA) is 78.4 Å². The smallest absolute Gasteiger partial charge is 0.308 e. The predicted molar refractivity (Wildman–Crippen MR) is 52.2 cm³/mol. The summed E-state index contributed by atoms with van der Waals surface area (Å²) in [6.07, 6.45) is 0.404. The second kappa shape index (κ2) is 5.36. The first-order valence-electron chi connectivity index (χ1n) is 4.53. The summed E-state index contributed by atoms with van der Waals surface area (Å²) in [5, 5.41) is 10.4. The summed E-state index contributed by atoms with van der Waals surface area (Å²) in [5.74, 6) is -3.01. The maximum Gasteiger partial charge on any atom is 0.308 e. The van der Waals surface area contributed by atoms with Crippen LogP contribution in [-0.4, -0.2) is 18.1 Å². The molecule has 0 spiro atoms. The molecule has 0 amide bonds. The minimum absolute atomic E-state index is 0.00546. The van der Waals surface area contributed by atoms with Crippen molar-refractivity contribution in [3.05, 3.63) is 33.9 Å². The maximum absolute atomic E-state index is 13.4. The monoisotopic (exact) mass is 232 g/mol. The number of nitro groups is 1. The summed E-state index contributed by atoms with van der Waals surface area (Å²) >= 11 is 0. The van der Waals surface area contributed by atoms with Gasteiger partial charge in [-0.05, 0) is 19.0 Å². The van der Waals surface area contributed by atoms with Gasteiger partial charge in [0, 0.05) is 6.07 Å². The molecule has 16 heavy (non-hydrogen) atoms. The Balaban J connectivity index is 2.97. The van der Waals surface area contributed by atoms with Crippen LogP contribution in [-0.2, 0) is 0 Å². The van der Waals surface area contributed by atoms with E-state index in [1.54, 1.807) is 0 Å². The Bertz CT molecular complexity index is 399. The Hall–Kier alpha value is -1.76. The van der Waals surface area contributed by atoms with Crippen LogP contribution < -0.4 is 10.5 Å². The van der Waals surface area contributed by atoms with Crippen LogP contribution in [0.4, 0.5) is 14.5 Å². The third kappa shape index (κ3) is 2.63. The molecule has 0 radical (unpaired) electrons. The molecular weight excluding hydrogens is 222 g/mol. The van der Waals surface area contributed by atoms with Gasteiger partial charge in [-0.3, -0.25) is 10.1 Å². The van der Waals surface area contributed by atoms with Crippen molar-refractivity contribution in [3.63, 3.8) is 0 Å². The van der Waals surface area contributed by atoms with E-state index in [2.05, 4.69) is 0 Å². The van der Waals surface area contributed by atoms with Crippen molar-refractivity contribution in [3.8, 4) is 5.75 Å². The van der Waals surface area contributed by atoms with Gasteiger partial charge in [0.15, 0.2) is 11.6 Å². The van der Waals surface area contributed by atoms with Gasteiger partial charge in [-0.25, -0.2) is 4.39 Å². The zero-order valence-electron chi connectivity index (χ0n) is 8.28. The molecule has 1 aromatic rings. The van der Waals surface area contributed by atoms with Gasteiger partial charge in [0.1, 0.15) is 0 Å². The van der Waals surface area contributed by atoms with Crippen LogP contribution in [0.1, 0.15) is 6.42 Å². The van der Waals surface area contributed by atoms with E-state index >= 15 is 0 Å². The van der Waals surface area contributed by atoms with Gasteiger partial charge in [-0.2, -0.15) is 4.39 Å². The van der Waals surface area contributed by atoms with E-state index in [1.807, 2.05) is 0 Å². The molecule has 0 saturated carbocycles. The predicted octanol–water partition coefficient (Wildman–Crippen LogP) is 1.60. The summed E-state index contributed by atoms with van der Waals surface area (Å²) in [7, 11) is 0. The minimum atomic E-state index is -1.30. The quantitative estimate of drug-likeness (QED) is 0.475. The molecule has 0 aliphatic heterocycles. The van der Waals surface area contributed by atoms with E-state index in [0.717, 1.165) is 12.1 Å². The number of rotatable bonds is 5. The molecule has 0 aliphatic carbocycles. The Morgan fingerprint density at radius 1 is 1.44 bits per heavy atom. The highest BCUT2D eigenvalue weighted by molar-refractivity contribution is 5.41. The highest BCUT2D eigenvalue weighted by atomic mass is 19.1. The van der Waals surface area contributed by atoms with Crippen molar-refractivity contribution in [1.82, 2.24) is 0 Å². The van der Waals surface area contributed by atoms with Crippen molar-refractivity contribution in [2.24, 2.45) is 5.73 Å². The molecule has 0 aliphatic rings. The molecule has 0 bridgehead atoms. The van der Waals surface area contributed by atoms with Crippen LogP contribution in [0.5, 0.6) is 5.75 Å². The van der Waals surface area contributed by atoms with Crippen molar-refractivity contribution in [2.75, 3.05) is 13.2 Å². The Morgan fingerprint density at radius 2 is 2.12 bits per heavy atom. The standard InChI is InChI=1S/C9H10F2N2O3/c10-6-2-3-7(13(14)15)8(11)9(6)16-5-1-4-12/h2-3H,1,4-5,12H2. The van der Waals surface area contributed by atoms with Crippen molar-refractivity contribution in [2.45, 2.75) is 6.42 Å². The lowest BCUT2D eigenvalue weighted by atomic mass is 10.2.